The maximum absolute atomic E-state index is 13.1. The van der Waals surface area contributed by atoms with Crippen LogP contribution < -0.4 is 10.1 Å². The molecular formula is C22H22N2O5. The average molecular weight is 394 g/mol. The van der Waals surface area contributed by atoms with Gasteiger partial charge in [-0.15, -0.1) is 0 Å². The van der Waals surface area contributed by atoms with Gasteiger partial charge in [0.05, 0.1) is 6.54 Å². The van der Waals surface area contributed by atoms with E-state index in [4.69, 9.17) is 4.74 Å². The molecule has 0 unspecified atom stereocenters. The second kappa shape index (κ2) is 7.33. The molecule has 150 valence electrons. The highest BCUT2D eigenvalue weighted by atomic mass is 16.5. The van der Waals surface area contributed by atoms with E-state index < -0.39 is 17.7 Å². The monoisotopic (exact) mass is 394 g/mol. The second-order valence-corrected chi connectivity index (χ2v) is 7.46. The zero-order valence-corrected chi connectivity index (χ0v) is 16.1. The molecule has 2 atom stereocenters. The van der Waals surface area contributed by atoms with Crippen LogP contribution in [0.25, 0.3) is 0 Å². The Hall–Kier alpha value is -3.19. The molecule has 2 N–H and O–H groups in total. The number of ether oxygens (including phenoxy) is 1. The molecule has 2 aromatic carbocycles. The lowest BCUT2D eigenvalue weighted by atomic mass is 9.92. The van der Waals surface area contributed by atoms with Crippen LogP contribution in [0.5, 0.6) is 5.75 Å². The van der Waals surface area contributed by atoms with Gasteiger partial charge in [0, 0.05) is 5.56 Å². The van der Waals surface area contributed by atoms with Crippen molar-refractivity contribution in [3.05, 3.63) is 65.2 Å². The molecule has 0 aromatic heterocycles. The van der Waals surface area contributed by atoms with Crippen molar-refractivity contribution in [3.63, 3.8) is 0 Å². The van der Waals surface area contributed by atoms with Crippen LogP contribution in [0.3, 0.4) is 0 Å². The molecule has 0 saturated carbocycles. The number of nitrogens with zero attached hydrogens (tertiary/aromatic N) is 1. The standard InChI is InChI=1S/C22H22N2O5/c1-14(25)16-6-4-7-18(11-16)29-13-17(26)12-24-20(27)22(23-21(24)28)10-9-15-5-2-3-8-19(15)22/h2-8,11,17,26H,9-10,12-13H2,1H3,(H,23,28)/t17-,22-/m1/s1. The summed E-state index contributed by atoms with van der Waals surface area (Å²) >= 11 is 0. The average Bonchev–Trinajstić information content (AvgIpc) is 3.20. The molecule has 1 saturated heterocycles. The van der Waals surface area contributed by atoms with E-state index in [-0.39, 0.29) is 24.8 Å². The molecule has 29 heavy (non-hydrogen) atoms. The van der Waals surface area contributed by atoms with Crippen molar-refractivity contribution in [1.82, 2.24) is 10.2 Å². The predicted octanol–water partition coefficient (Wildman–Crippen LogP) is 2.02. The van der Waals surface area contributed by atoms with Gasteiger partial charge in [-0.25, -0.2) is 4.79 Å². The van der Waals surface area contributed by atoms with Gasteiger partial charge in [0.15, 0.2) is 5.78 Å². The third-order valence-corrected chi connectivity index (χ3v) is 5.50. The van der Waals surface area contributed by atoms with Crippen LogP contribution in [0, 0.1) is 0 Å². The Kier molecular flexibility index (Phi) is 4.84. The van der Waals surface area contributed by atoms with Crippen molar-refractivity contribution >= 4 is 17.7 Å². The zero-order chi connectivity index (χ0) is 20.6. The van der Waals surface area contributed by atoms with Crippen molar-refractivity contribution < 1.29 is 24.2 Å². The van der Waals surface area contributed by atoms with Crippen LogP contribution in [-0.4, -0.2) is 47.0 Å². The number of Topliss-reactive ketones (excluding diaryl/α,β-unsaturated/α-hetero) is 1. The molecule has 1 fully saturated rings. The van der Waals surface area contributed by atoms with Gasteiger partial charge in [-0.05, 0) is 43.0 Å². The van der Waals surface area contributed by atoms with Crippen LogP contribution >= 0.6 is 0 Å². The van der Waals surface area contributed by atoms with E-state index in [2.05, 4.69) is 5.32 Å². The Bertz CT molecular complexity index is 989. The summed E-state index contributed by atoms with van der Waals surface area (Å²) in [6.07, 6.45) is 0.170. The zero-order valence-electron chi connectivity index (χ0n) is 16.1. The maximum Gasteiger partial charge on any atom is 0.325 e. The number of urea groups is 1. The maximum atomic E-state index is 13.1. The van der Waals surface area contributed by atoms with Crippen molar-refractivity contribution in [2.45, 2.75) is 31.4 Å². The summed E-state index contributed by atoms with van der Waals surface area (Å²) < 4.78 is 5.54. The first-order chi connectivity index (χ1) is 13.9. The molecule has 1 aliphatic carbocycles. The third-order valence-electron chi connectivity index (χ3n) is 5.50. The number of imide groups is 1. The number of β-amino-alcohol motifs (C(OH)–C–C–N with tert-alkyl or cyclic N) is 1. The quantitative estimate of drug-likeness (QED) is 0.577. The molecule has 7 nitrogen and oxygen atoms in total. The molecule has 0 bridgehead atoms. The summed E-state index contributed by atoms with van der Waals surface area (Å²) in [5, 5.41) is 13.2. The summed E-state index contributed by atoms with van der Waals surface area (Å²) in [4.78, 5) is 38.1. The minimum absolute atomic E-state index is 0.0857. The predicted molar refractivity (Wildman–Crippen MR) is 105 cm³/mol. The number of ketones is 1. The van der Waals surface area contributed by atoms with Crippen molar-refractivity contribution in [2.75, 3.05) is 13.2 Å². The topological polar surface area (TPSA) is 95.9 Å². The van der Waals surface area contributed by atoms with Crippen LogP contribution in [0.4, 0.5) is 4.79 Å². The number of benzene rings is 2. The Labute approximate surface area is 168 Å². The van der Waals surface area contributed by atoms with E-state index in [1.54, 1.807) is 24.3 Å². The Balaban J connectivity index is 1.42. The van der Waals surface area contributed by atoms with Gasteiger partial charge in [-0.2, -0.15) is 0 Å². The molecular weight excluding hydrogens is 372 g/mol. The molecule has 1 spiro atoms. The first-order valence-electron chi connectivity index (χ1n) is 9.55. The van der Waals surface area contributed by atoms with Gasteiger partial charge in [0.2, 0.25) is 0 Å². The van der Waals surface area contributed by atoms with Crippen molar-refractivity contribution in [3.8, 4) is 5.75 Å². The smallest absolute Gasteiger partial charge is 0.325 e. The minimum atomic E-state index is -1.06. The number of amides is 3. The number of nitrogens with one attached hydrogen (secondary N) is 1. The lowest BCUT2D eigenvalue weighted by molar-refractivity contribution is -0.132. The van der Waals surface area contributed by atoms with E-state index in [0.29, 0.717) is 24.2 Å². The normalized spacial score (nSPS) is 21.2. The number of rotatable bonds is 6. The number of carbonyl (C=O) groups excluding carboxylic acids is 3. The number of hydrogen-bond acceptors (Lipinski definition) is 5. The van der Waals surface area contributed by atoms with E-state index >= 15 is 0 Å². The van der Waals surface area contributed by atoms with Gasteiger partial charge in [-0.1, -0.05) is 36.4 Å². The number of aryl methyl sites for hydroxylation is 1. The Morgan fingerprint density at radius 1 is 1.24 bits per heavy atom. The number of fused-ring (bicyclic) bond motifs is 2. The largest absolute Gasteiger partial charge is 0.491 e. The summed E-state index contributed by atoms with van der Waals surface area (Å²) in [5.74, 6) is 0.0118. The van der Waals surface area contributed by atoms with Crippen molar-refractivity contribution in [1.29, 1.82) is 0 Å². The molecule has 2 aliphatic rings. The van der Waals surface area contributed by atoms with Gasteiger partial charge >= 0.3 is 6.03 Å². The summed E-state index contributed by atoms with van der Waals surface area (Å²) in [6, 6.07) is 13.7. The lowest BCUT2D eigenvalue weighted by Crippen LogP contribution is -2.43. The van der Waals surface area contributed by atoms with E-state index in [1.807, 2.05) is 24.3 Å². The van der Waals surface area contributed by atoms with Crippen LogP contribution in [-0.2, 0) is 16.8 Å². The van der Waals surface area contributed by atoms with Gasteiger partial charge < -0.3 is 15.2 Å². The molecule has 1 heterocycles. The Morgan fingerprint density at radius 2 is 2.03 bits per heavy atom. The summed E-state index contributed by atoms with van der Waals surface area (Å²) in [7, 11) is 0. The fourth-order valence-electron chi connectivity index (χ4n) is 4.02. The number of carbonyl (C=O) groups is 3. The summed E-state index contributed by atoms with van der Waals surface area (Å²) in [6.45, 7) is 1.19. The highest BCUT2D eigenvalue weighted by Gasteiger charge is 2.55. The first kappa shape index (κ1) is 19.1. The molecule has 1 aliphatic heterocycles. The number of aliphatic hydroxyl groups is 1. The molecule has 0 radical (unpaired) electrons. The van der Waals surface area contributed by atoms with Gasteiger partial charge in [-0.3, -0.25) is 14.5 Å². The molecule has 4 rings (SSSR count). The minimum Gasteiger partial charge on any atom is -0.491 e. The van der Waals surface area contributed by atoms with Crippen LogP contribution in [0.2, 0.25) is 0 Å². The van der Waals surface area contributed by atoms with E-state index in [0.717, 1.165) is 16.0 Å². The van der Waals surface area contributed by atoms with Gasteiger partial charge in [0.1, 0.15) is 24.0 Å². The summed E-state index contributed by atoms with van der Waals surface area (Å²) in [5.41, 5.74) is 1.35. The molecule has 3 amide bonds. The molecule has 7 heteroatoms. The third kappa shape index (κ3) is 3.38. The fourth-order valence-corrected chi connectivity index (χ4v) is 4.02. The second-order valence-electron chi connectivity index (χ2n) is 7.46. The number of aliphatic hydroxyl groups excluding tert-OH is 1. The van der Waals surface area contributed by atoms with E-state index in [9.17, 15) is 19.5 Å². The highest BCUT2D eigenvalue weighted by Crippen LogP contribution is 2.41. The van der Waals surface area contributed by atoms with Crippen LogP contribution in [0.1, 0.15) is 34.8 Å². The number of hydrogen-bond donors (Lipinski definition) is 2. The van der Waals surface area contributed by atoms with Crippen molar-refractivity contribution in [2.24, 2.45) is 0 Å². The fraction of sp³-hybridized carbons (Fsp3) is 0.318. The lowest BCUT2D eigenvalue weighted by Gasteiger charge is -2.23. The first-order valence-corrected chi connectivity index (χ1v) is 9.55. The Morgan fingerprint density at radius 3 is 2.83 bits per heavy atom. The SMILES string of the molecule is CC(=O)c1cccc(OC[C@H](O)CN2C(=O)N[C@@]3(CCc4ccccc43)C2=O)c1. The van der Waals surface area contributed by atoms with E-state index in [1.165, 1.54) is 6.92 Å². The van der Waals surface area contributed by atoms with Crippen LogP contribution in [0.15, 0.2) is 48.5 Å². The molecule has 2 aromatic rings. The highest BCUT2D eigenvalue weighted by molar-refractivity contribution is 6.08. The van der Waals surface area contributed by atoms with Gasteiger partial charge in [0.25, 0.3) is 5.91 Å².